The minimum absolute atomic E-state index is 0.319. The van der Waals surface area contributed by atoms with Crippen LogP contribution in [0.25, 0.3) is 0 Å². The van der Waals surface area contributed by atoms with Gasteiger partial charge in [-0.15, -0.1) is 5.10 Å². The highest BCUT2D eigenvalue weighted by Crippen LogP contribution is 2.17. The van der Waals surface area contributed by atoms with Crippen LogP contribution in [0.2, 0.25) is 0 Å². The van der Waals surface area contributed by atoms with Crippen LogP contribution < -0.4 is 15.8 Å². The van der Waals surface area contributed by atoms with Crippen LogP contribution in [-0.2, 0) is 6.54 Å². The summed E-state index contributed by atoms with van der Waals surface area (Å²) in [6.07, 6.45) is 4.87. The van der Waals surface area contributed by atoms with E-state index in [1.165, 1.54) is 37.9 Å². The Bertz CT molecular complexity index is 623. The van der Waals surface area contributed by atoms with Gasteiger partial charge in [0.15, 0.2) is 0 Å². The Labute approximate surface area is 142 Å². The van der Waals surface area contributed by atoms with Gasteiger partial charge in [0.05, 0.1) is 6.61 Å². The number of rotatable bonds is 8. The lowest BCUT2D eigenvalue weighted by Crippen LogP contribution is -2.29. The van der Waals surface area contributed by atoms with Gasteiger partial charge in [-0.2, -0.15) is 4.98 Å². The normalized spacial score (nSPS) is 15.3. The van der Waals surface area contributed by atoms with Crippen LogP contribution in [0.3, 0.4) is 0 Å². The van der Waals surface area contributed by atoms with E-state index in [-0.39, 0.29) is 0 Å². The number of piperidine rings is 1. The number of H-pyrrole nitrogens is 1. The predicted molar refractivity (Wildman–Crippen MR) is 95.0 cm³/mol. The average Bonchev–Trinajstić information content (AvgIpc) is 3.01. The topological polar surface area (TPSA) is 92.1 Å². The fraction of sp³-hybridized carbons (Fsp3) is 0.529. The molecule has 24 heavy (non-hydrogen) atoms. The Balaban J connectivity index is 1.38. The van der Waals surface area contributed by atoms with Gasteiger partial charge in [0.25, 0.3) is 0 Å². The monoisotopic (exact) mass is 330 g/mol. The zero-order valence-corrected chi connectivity index (χ0v) is 14.0. The molecule has 7 heteroatoms. The van der Waals surface area contributed by atoms with Crippen molar-refractivity contribution in [3.05, 3.63) is 29.8 Å². The maximum Gasteiger partial charge on any atom is 0.243 e. The molecule has 2 aromatic rings. The SMILES string of the molecule is Nc1nc(NCCCOc2cccc(CN3CCCCC3)c2)n[nH]1. The number of likely N-dealkylation sites (tertiary alicyclic amines) is 1. The van der Waals surface area contributed by atoms with Gasteiger partial charge in [0.1, 0.15) is 5.75 Å². The molecule has 3 rings (SSSR count). The molecule has 0 radical (unpaired) electrons. The Hall–Kier alpha value is -2.28. The standard InChI is InChI=1S/C17H26N6O/c18-16-20-17(22-21-16)19-8-5-11-24-15-7-4-6-14(12-15)13-23-9-2-1-3-10-23/h4,6-7,12H,1-3,5,8-11,13H2,(H4,18,19,20,21,22). The zero-order chi connectivity index (χ0) is 16.6. The number of nitrogens with two attached hydrogens (primary N) is 1. The van der Waals surface area contributed by atoms with Gasteiger partial charge in [0.2, 0.25) is 11.9 Å². The molecule has 0 amide bonds. The molecular formula is C17H26N6O. The summed E-state index contributed by atoms with van der Waals surface area (Å²) in [7, 11) is 0. The van der Waals surface area contributed by atoms with Gasteiger partial charge in [-0.05, 0) is 50.0 Å². The maximum absolute atomic E-state index is 5.85. The quantitative estimate of drug-likeness (QED) is 0.643. The van der Waals surface area contributed by atoms with Crippen molar-refractivity contribution in [2.75, 3.05) is 37.3 Å². The minimum Gasteiger partial charge on any atom is -0.494 e. The number of hydrogen-bond donors (Lipinski definition) is 3. The van der Waals surface area contributed by atoms with Crippen LogP contribution >= 0.6 is 0 Å². The van der Waals surface area contributed by atoms with Crippen LogP contribution in [0.15, 0.2) is 24.3 Å². The molecule has 0 saturated carbocycles. The van der Waals surface area contributed by atoms with Crippen LogP contribution in [-0.4, -0.2) is 46.3 Å². The molecule has 1 aliphatic heterocycles. The van der Waals surface area contributed by atoms with Gasteiger partial charge >= 0.3 is 0 Å². The lowest BCUT2D eigenvalue weighted by atomic mass is 10.1. The Morgan fingerprint density at radius 1 is 1.25 bits per heavy atom. The molecule has 0 spiro atoms. The van der Waals surface area contributed by atoms with E-state index in [1.807, 2.05) is 6.07 Å². The van der Waals surface area contributed by atoms with Crippen molar-refractivity contribution in [1.82, 2.24) is 20.1 Å². The minimum atomic E-state index is 0.319. The fourth-order valence-electron chi connectivity index (χ4n) is 2.93. The summed E-state index contributed by atoms with van der Waals surface area (Å²) < 4.78 is 5.85. The molecule has 1 aliphatic rings. The second-order valence-electron chi connectivity index (χ2n) is 6.16. The molecule has 0 aliphatic carbocycles. The van der Waals surface area contributed by atoms with Crippen molar-refractivity contribution in [3.63, 3.8) is 0 Å². The van der Waals surface area contributed by atoms with Crippen LogP contribution in [0, 0.1) is 0 Å². The molecule has 1 saturated heterocycles. The van der Waals surface area contributed by atoms with E-state index in [4.69, 9.17) is 10.5 Å². The van der Waals surface area contributed by atoms with E-state index in [0.717, 1.165) is 25.3 Å². The van der Waals surface area contributed by atoms with Crippen LogP contribution in [0.5, 0.6) is 5.75 Å². The summed E-state index contributed by atoms with van der Waals surface area (Å²) in [6.45, 7) is 4.83. The first-order valence-electron chi connectivity index (χ1n) is 8.65. The van der Waals surface area contributed by atoms with Crippen molar-refractivity contribution in [2.24, 2.45) is 0 Å². The zero-order valence-electron chi connectivity index (χ0n) is 14.0. The highest BCUT2D eigenvalue weighted by atomic mass is 16.5. The Morgan fingerprint density at radius 3 is 2.92 bits per heavy atom. The van der Waals surface area contributed by atoms with E-state index in [2.05, 4.69) is 43.6 Å². The average molecular weight is 330 g/mol. The number of nitrogens with one attached hydrogen (secondary N) is 2. The lowest BCUT2D eigenvalue weighted by molar-refractivity contribution is 0.220. The lowest BCUT2D eigenvalue weighted by Gasteiger charge is -2.26. The molecule has 130 valence electrons. The van der Waals surface area contributed by atoms with E-state index in [0.29, 0.717) is 18.5 Å². The number of hydrogen-bond acceptors (Lipinski definition) is 6. The predicted octanol–water partition coefficient (Wildman–Crippen LogP) is 2.25. The molecule has 0 bridgehead atoms. The first kappa shape index (κ1) is 16.6. The number of benzene rings is 1. The van der Waals surface area contributed by atoms with Crippen LogP contribution in [0.4, 0.5) is 11.9 Å². The maximum atomic E-state index is 5.85. The summed E-state index contributed by atoms with van der Waals surface area (Å²) >= 11 is 0. The summed E-state index contributed by atoms with van der Waals surface area (Å²) in [5, 5.41) is 9.61. The number of aromatic amines is 1. The summed E-state index contributed by atoms with van der Waals surface area (Å²) in [6, 6.07) is 8.42. The van der Waals surface area contributed by atoms with Gasteiger partial charge < -0.3 is 15.8 Å². The van der Waals surface area contributed by atoms with E-state index in [1.54, 1.807) is 0 Å². The van der Waals surface area contributed by atoms with Crippen molar-refractivity contribution in [1.29, 1.82) is 0 Å². The molecule has 1 aromatic carbocycles. The molecule has 2 heterocycles. The number of anilines is 2. The van der Waals surface area contributed by atoms with E-state index < -0.39 is 0 Å². The molecule has 7 nitrogen and oxygen atoms in total. The molecule has 1 fully saturated rings. The Kier molecular flexibility index (Phi) is 5.90. The second kappa shape index (κ2) is 8.54. The van der Waals surface area contributed by atoms with Gasteiger partial charge in [-0.3, -0.25) is 4.90 Å². The molecule has 4 N–H and O–H groups in total. The van der Waals surface area contributed by atoms with Gasteiger partial charge in [-0.25, -0.2) is 5.10 Å². The van der Waals surface area contributed by atoms with E-state index >= 15 is 0 Å². The molecular weight excluding hydrogens is 304 g/mol. The highest BCUT2D eigenvalue weighted by Gasteiger charge is 2.10. The summed E-state index contributed by atoms with van der Waals surface area (Å²) in [5.41, 5.74) is 6.79. The highest BCUT2D eigenvalue weighted by molar-refractivity contribution is 5.30. The summed E-state index contributed by atoms with van der Waals surface area (Å²) in [4.78, 5) is 6.51. The molecule has 0 unspecified atom stereocenters. The third-order valence-corrected chi connectivity index (χ3v) is 4.13. The van der Waals surface area contributed by atoms with E-state index in [9.17, 15) is 0 Å². The third-order valence-electron chi connectivity index (χ3n) is 4.13. The number of nitrogen functional groups attached to an aromatic ring is 1. The number of nitrogens with zero attached hydrogens (tertiary/aromatic N) is 3. The van der Waals surface area contributed by atoms with Crippen LogP contribution in [0.1, 0.15) is 31.2 Å². The van der Waals surface area contributed by atoms with Crippen molar-refractivity contribution >= 4 is 11.9 Å². The molecule has 1 aromatic heterocycles. The third kappa shape index (κ3) is 5.13. The summed E-state index contributed by atoms with van der Waals surface area (Å²) in [5.74, 6) is 1.78. The smallest absolute Gasteiger partial charge is 0.243 e. The number of ether oxygens (including phenoxy) is 1. The van der Waals surface area contributed by atoms with Gasteiger partial charge in [-0.1, -0.05) is 18.6 Å². The largest absolute Gasteiger partial charge is 0.494 e. The first-order chi connectivity index (χ1) is 11.8. The number of aromatic nitrogens is 3. The van der Waals surface area contributed by atoms with Crippen molar-refractivity contribution in [2.45, 2.75) is 32.2 Å². The Morgan fingerprint density at radius 2 is 2.12 bits per heavy atom. The first-order valence-corrected chi connectivity index (χ1v) is 8.65. The molecule has 0 atom stereocenters. The second-order valence-corrected chi connectivity index (χ2v) is 6.16. The van der Waals surface area contributed by atoms with Gasteiger partial charge in [0, 0.05) is 13.1 Å². The fourth-order valence-corrected chi connectivity index (χ4v) is 2.93. The van der Waals surface area contributed by atoms with Crippen molar-refractivity contribution < 1.29 is 4.74 Å². The van der Waals surface area contributed by atoms with Crippen molar-refractivity contribution in [3.8, 4) is 5.75 Å².